The van der Waals surface area contributed by atoms with Gasteiger partial charge in [-0.05, 0) is 26.2 Å². The normalized spacial score (nSPS) is 14.8. The molecule has 12 heteroatoms. The fraction of sp³-hybridized carbons (Fsp3) is 0.562. The van der Waals surface area contributed by atoms with Crippen LogP contribution in [0.25, 0.3) is 0 Å². The van der Waals surface area contributed by atoms with Crippen LogP contribution >= 0.6 is 0 Å². The highest BCUT2D eigenvalue weighted by Gasteiger charge is 2.26. The maximum Gasteiger partial charge on any atom is 0.326 e. The zero-order valence-corrected chi connectivity index (χ0v) is 15.4. The summed E-state index contributed by atoms with van der Waals surface area (Å²) in [5, 5.41) is 31.5. The monoisotopic (exact) mass is 402 g/mol. The van der Waals surface area contributed by atoms with E-state index < -0.39 is 53.9 Å². The molecular formula is C16H26N4O8. The molecule has 0 radical (unpaired) electrons. The van der Waals surface area contributed by atoms with E-state index in [4.69, 9.17) is 21.7 Å². The molecule has 0 bridgehead atoms. The van der Waals surface area contributed by atoms with Gasteiger partial charge in [-0.3, -0.25) is 14.4 Å². The van der Waals surface area contributed by atoms with E-state index in [1.807, 2.05) is 0 Å². The van der Waals surface area contributed by atoms with Gasteiger partial charge in [0.05, 0.1) is 6.04 Å². The largest absolute Gasteiger partial charge is 0.480 e. The highest BCUT2D eigenvalue weighted by molar-refractivity contribution is 5.87. The lowest BCUT2D eigenvalue weighted by Gasteiger charge is -2.20. The number of aliphatic carboxylic acids is 3. The first-order valence-electron chi connectivity index (χ1n) is 8.31. The van der Waals surface area contributed by atoms with Gasteiger partial charge >= 0.3 is 17.9 Å². The van der Waals surface area contributed by atoms with Crippen LogP contribution in [0.3, 0.4) is 0 Å². The van der Waals surface area contributed by atoms with E-state index in [2.05, 4.69) is 17.2 Å². The molecule has 0 heterocycles. The molecule has 0 spiro atoms. The second kappa shape index (κ2) is 11.7. The molecule has 9 N–H and O–H groups in total. The Kier molecular flexibility index (Phi) is 10.4. The molecule has 12 nitrogen and oxygen atoms in total. The molecule has 0 rings (SSSR count). The van der Waals surface area contributed by atoms with Crippen molar-refractivity contribution in [2.75, 3.05) is 0 Å². The zero-order valence-electron chi connectivity index (χ0n) is 15.4. The highest BCUT2D eigenvalue weighted by atomic mass is 16.4. The highest BCUT2D eigenvalue weighted by Crippen LogP contribution is 2.12. The van der Waals surface area contributed by atoms with Crippen LogP contribution in [-0.4, -0.2) is 69.2 Å². The van der Waals surface area contributed by atoms with Gasteiger partial charge in [-0.1, -0.05) is 12.2 Å². The van der Waals surface area contributed by atoms with Crippen LogP contribution in [0.2, 0.25) is 0 Å². The van der Waals surface area contributed by atoms with Gasteiger partial charge in [0.25, 0.3) is 0 Å². The number of rotatable bonds is 13. The third-order valence-corrected chi connectivity index (χ3v) is 3.65. The number of amides is 2. The van der Waals surface area contributed by atoms with E-state index in [1.54, 1.807) is 0 Å². The van der Waals surface area contributed by atoms with Crippen LogP contribution in [0.4, 0.5) is 0 Å². The number of hydrogen-bond donors (Lipinski definition) is 7. The van der Waals surface area contributed by atoms with Gasteiger partial charge in [0, 0.05) is 6.42 Å². The van der Waals surface area contributed by atoms with Gasteiger partial charge in [0.2, 0.25) is 11.8 Å². The summed E-state index contributed by atoms with van der Waals surface area (Å²) in [6.07, 6.45) is -1.04. The Bertz CT molecular complexity index is 634. The van der Waals surface area contributed by atoms with E-state index in [9.17, 15) is 29.1 Å². The molecule has 158 valence electrons. The lowest BCUT2D eigenvalue weighted by molar-refractivity contribution is -0.142. The molecule has 0 aromatic carbocycles. The number of carboxylic acid groups (broad SMARTS) is 3. The molecule has 0 aliphatic heterocycles. The summed E-state index contributed by atoms with van der Waals surface area (Å²) in [7, 11) is 0. The Morgan fingerprint density at radius 2 is 1.36 bits per heavy atom. The van der Waals surface area contributed by atoms with Crippen LogP contribution in [0.15, 0.2) is 12.2 Å². The summed E-state index contributed by atoms with van der Waals surface area (Å²) < 4.78 is 0. The third kappa shape index (κ3) is 9.64. The smallest absolute Gasteiger partial charge is 0.326 e. The van der Waals surface area contributed by atoms with Gasteiger partial charge in [0.15, 0.2) is 0 Å². The Balaban J connectivity index is 4.81. The van der Waals surface area contributed by atoms with Crippen molar-refractivity contribution in [2.24, 2.45) is 11.5 Å². The molecule has 4 atom stereocenters. The van der Waals surface area contributed by atoms with E-state index >= 15 is 0 Å². The number of nitrogens with one attached hydrogen (secondary N) is 2. The molecule has 28 heavy (non-hydrogen) atoms. The third-order valence-electron chi connectivity index (χ3n) is 3.65. The Morgan fingerprint density at radius 1 is 0.893 bits per heavy atom. The predicted molar refractivity (Wildman–Crippen MR) is 96.0 cm³/mol. The van der Waals surface area contributed by atoms with Gasteiger partial charge in [0.1, 0.15) is 18.1 Å². The maximum absolute atomic E-state index is 11.8. The standard InChI is InChI=1S/C16H26N4O8/c1-7(6-11(16(27)28)20-13(22)8(2)17)5-10(15(25)26)19-12(21)4-3-9(18)14(23)24/h8-11H,1,3-6,17-18H2,2H3,(H,19,21)(H,20,22)(H,23,24)(H,25,26)(H,27,28)/t8-,9+,10?,11?/m0/s1. The molecule has 0 aliphatic rings. The Labute approximate surface area is 160 Å². The fourth-order valence-corrected chi connectivity index (χ4v) is 2.04. The molecule has 0 aromatic heterocycles. The molecule has 0 aromatic rings. The van der Waals surface area contributed by atoms with Crippen LogP contribution in [-0.2, 0) is 24.0 Å². The minimum absolute atomic E-state index is 0.160. The Hall–Kier alpha value is -2.99. The van der Waals surface area contributed by atoms with Crippen molar-refractivity contribution in [1.29, 1.82) is 0 Å². The van der Waals surface area contributed by atoms with E-state index in [0.29, 0.717) is 0 Å². The van der Waals surface area contributed by atoms with E-state index in [-0.39, 0.29) is 31.3 Å². The number of hydrogen-bond acceptors (Lipinski definition) is 7. The van der Waals surface area contributed by atoms with Crippen molar-refractivity contribution >= 4 is 29.7 Å². The molecular weight excluding hydrogens is 376 g/mol. The fourth-order valence-electron chi connectivity index (χ4n) is 2.04. The molecule has 0 saturated carbocycles. The van der Waals surface area contributed by atoms with Gasteiger partial charge in [-0.2, -0.15) is 0 Å². The van der Waals surface area contributed by atoms with Crippen LogP contribution in [0, 0.1) is 0 Å². The number of nitrogens with two attached hydrogens (primary N) is 2. The quantitative estimate of drug-likeness (QED) is 0.168. The minimum Gasteiger partial charge on any atom is -0.480 e. The second-order valence-corrected chi connectivity index (χ2v) is 6.29. The summed E-state index contributed by atoms with van der Waals surface area (Å²) in [6, 6.07) is -4.95. The summed E-state index contributed by atoms with van der Waals surface area (Å²) in [5.41, 5.74) is 10.8. The maximum atomic E-state index is 11.8. The average Bonchev–Trinajstić information content (AvgIpc) is 2.57. The molecule has 2 amide bonds. The molecule has 0 aliphatic carbocycles. The average molecular weight is 402 g/mol. The predicted octanol–water partition coefficient (Wildman–Crippen LogP) is -2.00. The van der Waals surface area contributed by atoms with E-state index in [1.165, 1.54) is 6.92 Å². The SMILES string of the molecule is C=C(CC(NC(=O)CC[C@@H](N)C(=O)O)C(=O)O)CC(NC(=O)[C@H](C)N)C(=O)O. The summed E-state index contributed by atoms with van der Waals surface area (Å²) >= 11 is 0. The number of carbonyl (C=O) groups is 5. The number of carbonyl (C=O) groups excluding carboxylic acids is 2. The van der Waals surface area contributed by atoms with Crippen molar-refractivity contribution in [1.82, 2.24) is 10.6 Å². The summed E-state index contributed by atoms with van der Waals surface area (Å²) in [4.78, 5) is 56.6. The van der Waals surface area contributed by atoms with Crippen molar-refractivity contribution in [2.45, 2.75) is 56.8 Å². The van der Waals surface area contributed by atoms with E-state index in [0.717, 1.165) is 0 Å². The zero-order chi connectivity index (χ0) is 22.0. The van der Waals surface area contributed by atoms with Gasteiger partial charge < -0.3 is 37.4 Å². The minimum atomic E-state index is -1.40. The summed E-state index contributed by atoms with van der Waals surface area (Å²) in [6.45, 7) is 4.97. The lowest BCUT2D eigenvalue weighted by Crippen LogP contribution is -2.47. The molecule has 0 saturated heterocycles. The van der Waals surface area contributed by atoms with Gasteiger partial charge in [-0.25, -0.2) is 9.59 Å². The van der Waals surface area contributed by atoms with Gasteiger partial charge in [-0.15, -0.1) is 0 Å². The van der Waals surface area contributed by atoms with Crippen molar-refractivity contribution in [3.05, 3.63) is 12.2 Å². The number of carboxylic acids is 3. The molecule has 0 fully saturated rings. The van der Waals surface area contributed by atoms with Crippen molar-refractivity contribution in [3.63, 3.8) is 0 Å². The molecule has 2 unspecified atom stereocenters. The first-order chi connectivity index (χ1) is 12.8. The topological polar surface area (TPSA) is 222 Å². The van der Waals surface area contributed by atoms with Crippen molar-refractivity contribution in [3.8, 4) is 0 Å². The summed E-state index contributed by atoms with van der Waals surface area (Å²) in [5.74, 6) is -5.45. The second-order valence-electron chi connectivity index (χ2n) is 6.29. The first kappa shape index (κ1) is 25.0. The van der Waals surface area contributed by atoms with Crippen LogP contribution < -0.4 is 22.1 Å². The lowest BCUT2D eigenvalue weighted by atomic mass is 10.00. The first-order valence-corrected chi connectivity index (χ1v) is 8.31. The van der Waals surface area contributed by atoms with Crippen LogP contribution in [0.1, 0.15) is 32.6 Å². The van der Waals surface area contributed by atoms with Crippen LogP contribution in [0.5, 0.6) is 0 Å². The Morgan fingerprint density at radius 3 is 1.75 bits per heavy atom. The van der Waals surface area contributed by atoms with Crippen molar-refractivity contribution < 1.29 is 39.3 Å².